The molecule has 0 spiro atoms. The lowest BCUT2D eigenvalue weighted by Gasteiger charge is -2.10. The Labute approximate surface area is 122 Å². The van der Waals surface area contributed by atoms with Gasteiger partial charge < -0.3 is 10.1 Å². The van der Waals surface area contributed by atoms with Crippen LogP contribution in [0.3, 0.4) is 0 Å². The van der Waals surface area contributed by atoms with E-state index in [0.29, 0.717) is 28.2 Å². The largest absolute Gasteiger partial charge is 0.439 e. The van der Waals surface area contributed by atoms with E-state index in [2.05, 4.69) is 17.2 Å². The van der Waals surface area contributed by atoms with Gasteiger partial charge >= 0.3 is 0 Å². The molecule has 0 saturated heterocycles. The molecule has 0 unspecified atom stereocenters. The maximum Gasteiger partial charge on any atom is 0.223 e. The van der Waals surface area contributed by atoms with Crippen molar-refractivity contribution in [1.29, 1.82) is 0 Å². The molecule has 5 heteroatoms. The van der Waals surface area contributed by atoms with Gasteiger partial charge in [0.2, 0.25) is 5.88 Å². The molecule has 3 nitrogen and oxygen atoms in total. The maximum absolute atomic E-state index is 5.96. The number of hydrogen-bond donors (Lipinski definition) is 1. The third-order valence-electron chi connectivity index (χ3n) is 2.52. The molecule has 0 atom stereocenters. The molecule has 1 aromatic heterocycles. The summed E-state index contributed by atoms with van der Waals surface area (Å²) in [6.45, 7) is 3.65. The predicted octanol–water partition coefficient (Wildman–Crippen LogP) is 4.29. The second-order valence-corrected chi connectivity index (χ2v) is 4.74. The van der Waals surface area contributed by atoms with Crippen LogP contribution in [0.4, 0.5) is 0 Å². The average Bonchev–Trinajstić information content (AvgIpc) is 2.42. The minimum atomic E-state index is 0.461. The highest BCUT2D eigenvalue weighted by molar-refractivity contribution is 6.42. The van der Waals surface area contributed by atoms with Gasteiger partial charge in [0.25, 0.3) is 0 Å². The van der Waals surface area contributed by atoms with Crippen LogP contribution in [-0.2, 0) is 6.54 Å². The fraction of sp³-hybridized carbons (Fsp3) is 0.214. The van der Waals surface area contributed by atoms with E-state index in [9.17, 15) is 0 Å². The van der Waals surface area contributed by atoms with Crippen molar-refractivity contribution in [1.82, 2.24) is 10.3 Å². The van der Waals surface area contributed by atoms with Gasteiger partial charge in [0, 0.05) is 24.4 Å². The van der Waals surface area contributed by atoms with Gasteiger partial charge in [-0.1, -0.05) is 36.2 Å². The van der Waals surface area contributed by atoms with Crippen molar-refractivity contribution in [2.24, 2.45) is 0 Å². The number of benzene rings is 1. The van der Waals surface area contributed by atoms with Crippen LogP contribution >= 0.6 is 23.2 Å². The molecule has 0 fully saturated rings. The molecular formula is C14H14Cl2N2O. The van der Waals surface area contributed by atoms with Crippen molar-refractivity contribution in [3.63, 3.8) is 0 Å². The quantitative estimate of drug-likeness (QED) is 0.894. The van der Waals surface area contributed by atoms with Crippen LogP contribution in [0.25, 0.3) is 0 Å². The van der Waals surface area contributed by atoms with Gasteiger partial charge in [0.15, 0.2) is 0 Å². The van der Waals surface area contributed by atoms with Crippen LogP contribution in [0, 0.1) is 0 Å². The van der Waals surface area contributed by atoms with E-state index in [1.54, 1.807) is 24.4 Å². The van der Waals surface area contributed by atoms with Crippen LogP contribution in [-0.4, -0.2) is 11.5 Å². The fourth-order valence-corrected chi connectivity index (χ4v) is 1.85. The molecule has 19 heavy (non-hydrogen) atoms. The number of pyridine rings is 1. The number of ether oxygens (including phenoxy) is 1. The molecule has 100 valence electrons. The number of nitrogens with one attached hydrogen (secondary N) is 1. The Morgan fingerprint density at radius 2 is 2.05 bits per heavy atom. The van der Waals surface area contributed by atoms with Gasteiger partial charge in [0.05, 0.1) is 10.0 Å². The zero-order valence-corrected chi connectivity index (χ0v) is 12.0. The van der Waals surface area contributed by atoms with Crippen molar-refractivity contribution in [3.05, 3.63) is 52.1 Å². The first-order chi connectivity index (χ1) is 9.20. The monoisotopic (exact) mass is 296 g/mol. The van der Waals surface area contributed by atoms with E-state index >= 15 is 0 Å². The molecule has 1 aromatic carbocycles. The summed E-state index contributed by atoms with van der Waals surface area (Å²) in [4.78, 5) is 4.24. The highest BCUT2D eigenvalue weighted by Crippen LogP contribution is 2.29. The second kappa shape index (κ2) is 6.75. The van der Waals surface area contributed by atoms with E-state index in [0.717, 1.165) is 12.1 Å². The molecule has 1 heterocycles. The molecule has 0 aliphatic heterocycles. The molecular weight excluding hydrogens is 283 g/mol. The van der Waals surface area contributed by atoms with Crippen molar-refractivity contribution in [2.75, 3.05) is 6.54 Å². The van der Waals surface area contributed by atoms with Crippen molar-refractivity contribution in [3.8, 4) is 11.6 Å². The van der Waals surface area contributed by atoms with Gasteiger partial charge in [0.1, 0.15) is 5.75 Å². The Bertz CT molecular complexity index is 561. The minimum absolute atomic E-state index is 0.461. The van der Waals surface area contributed by atoms with Gasteiger partial charge in [-0.3, -0.25) is 0 Å². The van der Waals surface area contributed by atoms with E-state index in [4.69, 9.17) is 27.9 Å². The fourth-order valence-electron chi connectivity index (χ4n) is 1.56. The molecule has 2 aromatic rings. The van der Waals surface area contributed by atoms with Crippen LogP contribution in [0.15, 0.2) is 36.5 Å². The Hall–Kier alpha value is -1.29. The molecule has 2 rings (SSSR count). The highest BCUT2D eigenvalue weighted by atomic mass is 35.5. The highest BCUT2D eigenvalue weighted by Gasteiger charge is 2.07. The number of hydrogen-bond acceptors (Lipinski definition) is 3. The number of rotatable bonds is 5. The molecule has 0 amide bonds. The summed E-state index contributed by atoms with van der Waals surface area (Å²) in [6.07, 6.45) is 1.70. The lowest BCUT2D eigenvalue weighted by atomic mass is 10.2. The third-order valence-corrected chi connectivity index (χ3v) is 3.26. The standard InChI is InChI=1S/C14H14Cl2N2O/c1-2-17-9-10-4-3-7-18-14(10)19-11-5-6-12(15)13(16)8-11/h3-8,17H,2,9H2,1H3. The summed E-state index contributed by atoms with van der Waals surface area (Å²) >= 11 is 11.8. The van der Waals surface area contributed by atoms with E-state index in [1.165, 1.54) is 0 Å². The zero-order chi connectivity index (χ0) is 13.7. The summed E-state index contributed by atoms with van der Waals surface area (Å²) in [6, 6.07) is 9.00. The van der Waals surface area contributed by atoms with Crippen LogP contribution < -0.4 is 10.1 Å². The summed E-state index contributed by atoms with van der Waals surface area (Å²) in [5.74, 6) is 1.19. The van der Waals surface area contributed by atoms with Gasteiger partial charge in [-0.2, -0.15) is 0 Å². The topological polar surface area (TPSA) is 34.2 Å². The van der Waals surface area contributed by atoms with E-state index in [-0.39, 0.29) is 0 Å². The molecule has 0 saturated carbocycles. The average molecular weight is 297 g/mol. The smallest absolute Gasteiger partial charge is 0.223 e. The number of aromatic nitrogens is 1. The van der Waals surface area contributed by atoms with Crippen molar-refractivity contribution >= 4 is 23.2 Å². The normalized spacial score (nSPS) is 10.5. The molecule has 0 aliphatic rings. The van der Waals surface area contributed by atoms with E-state index < -0.39 is 0 Å². The van der Waals surface area contributed by atoms with Gasteiger partial charge in [-0.15, -0.1) is 0 Å². The summed E-state index contributed by atoms with van der Waals surface area (Å²) in [5, 5.41) is 4.21. The molecule has 0 aliphatic carbocycles. The summed E-state index contributed by atoms with van der Waals surface area (Å²) in [7, 11) is 0. The van der Waals surface area contributed by atoms with Gasteiger partial charge in [-0.25, -0.2) is 4.98 Å². The lowest BCUT2D eigenvalue weighted by molar-refractivity contribution is 0.453. The first kappa shape index (κ1) is 14.1. The zero-order valence-electron chi connectivity index (χ0n) is 10.5. The van der Waals surface area contributed by atoms with Crippen molar-refractivity contribution < 1.29 is 4.74 Å². The SMILES string of the molecule is CCNCc1cccnc1Oc1ccc(Cl)c(Cl)c1. The predicted molar refractivity (Wildman–Crippen MR) is 78.2 cm³/mol. The molecule has 1 N–H and O–H groups in total. The first-order valence-electron chi connectivity index (χ1n) is 5.98. The van der Waals surface area contributed by atoms with Crippen molar-refractivity contribution in [2.45, 2.75) is 13.5 Å². The molecule has 0 radical (unpaired) electrons. The Kier molecular flexibility index (Phi) is 5.02. The van der Waals surface area contributed by atoms with Crippen LogP contribution in [0.1, 0.15) is 12.5 Å². The lowest BCUT2D eigenvalue weighted by Crippen LogP contribution is -2.12. The summed E-state index contributed by atoms with van der Waals surface area (Å²) in [5.41, 5.74) is 0.996. The number of halogens is 2. The first-order valence-corrected chi connectivity index (χ1v) is 6.74. The van der Waals surface area contributed by atoms with Gasteiger partial charge in [-0.05, 0) is 24.7 Å². The third kappa shape index (κ3) is 3.83. The number of nitrogens with zero attached hydrogens (tertiary/aromatic N) is 1. The Morgan fingerprint density at radius 1 is 1.21 bits per heavy atom. The minimum Gasteiger partial charge on any atom is -0.439 e. The Morgan fingerprint density at radius 3 is 2.79 bits per heavy atom. The maximum atomic E-state index is 5.96. The summed E-state index contributed by atoms with van der Waals surface area (Å²) < 4.78 is 5.75. The second-order valence-electron chi connectivity index (χ2n) is 3.93. The Balaban J connectivity index is 2.20. The van der Waals surface area contributed by atoms with E-state index in [1.807, 2.05) is 12.1 Å². The van der Waals surface area contributed by atoms with Crippen LogP contribution in [0.5, 0.6) is 11.6 Å². The molecule has 0 bridgehead atoms. The van der Waals surface area contributed by atoms with Crippen LogP contribution in [0.2, 0.25) is 10.0 Å².